The van der Waals surface area contributed by atoms with E-state index in [2.05, 4.69) is 13.2 Å². The summed E-state index contributed by atoms with van der Waals surface area (Å²) in [5, 5.41) is 0. The normalized spacial score (nSPS) is 18.8. The molecule has 0 bridgehead atoms. The second-order valence-corrected chi connectivity index (χ2v) is 3.87. The lowest BCUT2D eigenvalue weighted by Crippen LogP contribution is -3.00. The number of rotatable bonds is 5. The Bertz CT molecular complexity index is 211. The monoisotopic (exact) mass is 230 g/mol. The first-order valence-corrected chi connectivity index (χ1v) is 5.02. The molecule has 0 saturated carbocycles. The van der Waals surface area contributed by atoms with Crippen molar-refractivity contribution in [3.63, 3.8) is 0 Å². The minimum absolute atomic E-state index is 0. The smallest absolute Gasteiger partial charge is 0.210 e. The van der Waals surface area contributed by atoms with Crippen molar-refractivity contribution in [2.24, 2.45) is 0 Å². The Labute approximate surface area is 98.0 Å². The van der Waals surface area contributed by atoms with Crippen molar-refractivity contribution in [1.82, 2.24) is 4.90 Å². The van der Waals surface area contributed by atoms with Crippen LogP contribution < -0.4 is 12.4 Å². The highest BCUT2D eigenvalue weighted by Gasteiger charge is 2.29. The van der Waals surface area contributed by atoms with Crippen molar-refractivity contribution in [2.75, 3.05) is 39.3 Å². The van der Waals surface area contributed by atoms with Gasteiger partial charge >= 0.3 is 0 Å². The molecule has 4 heteroatoms. The van der Waals surface area contributed by atoms with Gasteiger partial charge in [0.25, 0.3) is 0 Å². The molecule has 0 unspecified atom stereocenters. The first-order valence-electron chi connectivity index (χ1n) is 5.02. The predicted octanol–water partition coefficient (Wildman–Crippen LogP) is -2.35. The molecule has 1 saturated heterocycles. The largest absolute Gasteiger partial charge is 1.00 e. The Balaban J connectivity index is 0.00000196. The van der Waals surface area contributed by atoms with Gasteiger partial charge in [0.2, 0.25) is 6.41 Å². The second-order valence-electron chi connectivity index (χ2n) is 3.87. The van der Waals surface area contributed by atoms with Crippen molar-refractivity contribution in [1.29, 1.82) is 0 Å². The predicted molar refractivity (Wildman–Crippen MR) is 57.8 cm³/mol. The molecule has 0 aromatic carbocycles. The molecular formula is C11H19ClN2O. The molecule has 3 nitrogen and oxygen atoms in total. The lowest BCUT2D eigenvalue weighted by Gasteiger charge is -2.42. The van der Waals surface area contributed by atoms with Crippen molar-refractivity contribution < 1.29 is 21.7 Å². The summed E-state index contributed by atoms with van der Waals surface area (Å²) in [4.78, 5) is 12.4. The lowest BCUT2D eigenvalue weighted by atomic mass is 10.2. The van der Waals surface area contributed by atoms with E-state index in [1.54, 1.807) is 0 Å². The molecule has 1 aliphatic heterocycles. The van der Waals surface area contributed by atoms with Gasteiger partial charge < -0.3 is 21.8 Å². The third kappa shape index (κ3) is 3.68. The zero-order valence-electron chi connectivity index (χ0n) is 9.07. The van der Waals surface area contributed by atoms with E-state index in [9.17, 15) is 4.79 Å². The molecule has 0 spiro atoms. The molecule has 0 aromatic heterocycles. The highest BCUT2D eigenvalue weighted by atomic mass is 35.5. The van der Waals surface area contributed by atoms with Crippen LogP contribution in [-0.4, -0.2) is 55.1 Å². The number of piperazine rings is 1. The molecule has 1 rings (SSSR count). The van der Waals surface area contributed by atoms with Crippen molar-refractivity contribution in [2.45, 2.75) is 0 Å². The van der Waals surface area contributed by atoms with E-state index in [1.807, 2.05) is 17.1 Å². The van der Waals surface area contributed by atoms with Gasteiger partial charge in [-0.1, -0.05) is 13.2 Å². The summed E-state index contributed by atoms with van der Waals surface area (Å²) in [6.07, 6.45) is 4.86. The van der Waals surface area contributed by atoms with Crippen LogP contribution in [0.2, 0.25) is 0 Å². The third-order valence-electron chi connectivity index (χ3n) is 2.90. The SMILES string of the molecule is C=CC[N+]1(CC=C)CCN(C=O)CC1.[Cl-]. The Morgan fingerprint density at radius 3 is 1.93 bits per heavy atom. The number of hydrogen-bond acceptors (Lipinski definition) is 1. The number of carbonyl (C=O) groups excluding carboxylic acids is 1. The van der Waals surface area contributed by atoms with Crippen molar-refractivity contribution >= 4 is 6.41 Å². The average Bonchev–Trinajstić information content (AvgIpc) is 2.20. The van der Waals surface area contributed by atoms with Gasteiger partial charge in [-0.2, -0.15) is 0 Å². The Kier molecular flexibility index (Phi) is 6.29. The van der Waals surface area contributed by atoms with Gasteiger partial charge in [0.1, 0.15) is 0 Å². The van der Waals surface area contributed by atoms with Crippen molar-refractivity contribution in [3.8, 4) is 0 Å². The number of nitrogens with zero attached hydrogens (tertiary/aromatic N) is 2. The molecule has 1 heterocycles. The average molecular weight is 231 g/mol. The summed E-state index contributed by atoms with van der Waals surface area (Å²) in [7, 11) is 0. The van der Waals surface area contributed by atoms with Crippen LogP contribution in [0.25, 0.3) is 0 Å². The maximum absolute atomic E-state index is 10.6. The fourth-order valence-electron chi connectivity index (χ4n) is 2.00. The summed E-state index contributed by atoms with van der Waals surface area (Å²) in [6, 6.07) is 0. The van der Waals surface area contributed by atoms with Gasteiger partial charge in [-0.05, 0) is 12.2 Å². The topological polar surface area (TPSA) is 20.3 Å². The first kappa shape index (κ1) is 14.2. The Morgan fingerprint density at radius 1 is 1.13 bits per heavy atom. The van der Waals surface area contributed by atoms with Gasteiger partial charge in [-0.3, -0.25) is 4.79 Å². The van der Waals surface area contributed by atoms with E-state index in [0.29, 0.717) is 0 Å². The Morgan fingerprint density at radius 2 is 1.60 bits per heavy atom. The molecule has 0 N–H and O–H groups in total. The molecule has 0 aromatic rings. The van der Waals surface area contributed by atoms with Gasteiger partial charge in [0, 0.05) is 0 Å². The van der Waals surface area contributed by atoms with Gasteiger partial charge in [-0.25, -0.2) is 0 Å². The van der Waals surface area contributed by atoms with Crippen LogP contribution in [0.15, 0.2) is 25.3 Å². The summed E-state index contributed by atoms with van der Waals surface area (Å²) in [6.45, 7) is 13.2. The number of amides is 1. The zero-order chi connectivity index (χ0) is 10.4. The maximum atomic E-state index is 10.6. The quantitative estimate of drug-likeness (QED) is 0.294. The van der Waals surface area contributed by atoms with Crippen LogP contribution in [0.4, 0.5) is 0 Å². The first-order chi connectivity index (χ1) is 6.76. The molecule has 0 atom stereocenters. The van der Waals surface area contributed by atoms with Crippen LogP contribution in [0, 0.1) is 0 Å². The molecule has 0 aliphatic carbocycles. The minimum atomic E-state index is 0. The molecule has 1 fully saturated rings. The third-order valence-corrected chi connectivity index (χ3v) is 2.90. The Hall–Kier alpha value is -0.800. The van der Waals surface area contributed by atoms with Gasteiger partial charge in [0.15, 0.2) is 0 Å². The summed E-state index contributed by atoms with van der Waals surface area (Å²) in [5.41, 5.74) is 0. The van der Waals surface area contributed by atoms with E-state index in [1.165, 1.54) is 0 Å². The van der Waals surface area contributed by atoms with E-state index in [4.69, 9.17) is 0 Å². The molecule has 15 heavy (non-hydrogen) atoms. The van der Waals surface area contributed by atoms with E-state index in [0.717, 1.165) is 50.2 Å². The standard InChI is InChI=1S/C11H19N2O.ClH/c1-3-7-13(8-4-2)9-5-12(11-14)6-10-13;/h3-4,11H,1-2,5-10H2;1H/q+1;/p-1. The molecule has 1 aliphatic rings. The second kappa shape index (κ2) is 6.64. The molecule has 86 valence electrons. The lowest BCUT2D eigenvalue weighted by molar-refractivity contribution is -0.920. The fraction of sp³-hybridized carbons (Fsp3) is 0.545. The van der Waals surface area contributed by atoms with E-state index < -0.39 is 0 Å². The van der Waals surface area contributed by atoms with Crippen LogP contribution in [0.5, 0.6) is 0 Å². The van der Waals surface area contributed by atoms with Crippen LogP contribution in [0.1, 0.15) is 0 Å². The number of carbonyl (C=O) groups is 1. The van der Waals surface area contributed by atoms with Gasteiger partial charge in [0.05, 0.1) is 39.3 Å². The zero-order valence-corrected chi connectivity index (χ0v) is 9.83. The number of hydrogen-bond donors (Lipinski definition) is 0. The molecular weight excluding hydrogens is 212 g/mol. The minimum Gasteiger partial charge on any atom is -1.00 e. The van der Waals surface area contributed by atoms with Crippen LogP contribution >= 0.6 is 0 Å². The maximum Gasteiger partial charge on any atom is 0.210 e. The summed E-state index contributed by atoms with van der Waals surface area (Å²) in [5.74, 6) is 0. The highest BCUT2D eigenvalue weighted by molar-refractivity contribution is 5.46. The molecule has 0 radical (unpaired) electrons. The summed E-state index contributed by atoms with van der Waals surface area (Å²) >= 11 is 0. The van der Waals surface area contributed by atoms with Crippen LogP contribution in [-0.2, 0) is 4.79 Å². The summed E-state index contributed by atoms with van der Waals surface area (Å²) < 4.78 is 0.997. The van der Waals surface area contributed by atoms with E-state index in [-0.39, 0.29) is 12.4 Å². The van der Waals surface area contributed by atoms with Gasteiger partial charge in [-0.15, -0.1) is 0 Å². The van der Waals surface area contributed by atoms with Crippen LogP contribution in [0.3, 0.4) is 0 Å². The molecule has 1 amide bonds. The van der Waals surface area contributed by atoms with Crippen molar-refractivity contribution in [3.05, 3.63) is 25.3 Å². The number of halogens is 1. The van der Waals surface area contributed by atoms with E-state index >= 15 is 0 Å². The fourth-order valence-corrected chi connectivity index (χ4v) is 2.00. The highest BCUT2D eigenvalue weighted by Crippen LogP contribution is 2.12. The number of quaternary nitrogens is 1.